The Morgan fingerprint density at radius 1 is 0.944 bits per heavy atom. The molecule has 2 aromatic rings. The summed E-state index contributed by atoms with van der Waals surface area (Å²) in [4.78, 5) is -0.196. The zero-order chi connectivity index (χ0) is 13.2. The SMILES string of the molecule is O=S(=O)(O)c1ccccc1Nc1ccc(O)cc1. The Bertz CT molecular complexity index is 650. The number of para-hydroxylation sites is 1. The van der Waals surface area contributed by atoms with Gasteiger partial charge in [-0.3, -0.25) is 4.55 Å². The highest BCUT2D eigenvalue weighted by Crippen LogP contribution is 2.25. The van der Waals surface area contributed by atoms with Crippen LogP contribution < -0.4 is 5.32 Å². The van der Waals surface area contributed by atoms with Crippen LogP contribution in [0.1, 0.15) is 0 Å². The fraction of sp³-hybridized carbons (Fsp3) is 0. The van der Waals surface area contributed by atoms with Crippen molar-refractivity contribution in [1.29, 1.82) is 0 Å². The number of hydrogen-bond acceptors (Lipinski definition) is 4. The third-order valence-corrected chi connectivity index (χ3v) is 3.22. The monoisotopic (exact) mass is 265 g/mol. The van der Waals surface area contributed by atoms with Crippen molar-refractivity contribution >= 4 is 21.5 Å². The van der Waals surface area contributed by atoms with Gasteiger partial charge in [-0.25, -0.2) is 0 Å². The molecule has 0 fully saturated rings. The van der Waals surface area contributed by atoms with Gasteiger partial charge in [0.2, 0.25) is 0 Å². The van der Waals surface area contributed by atoms with Crippen LogP contribution >= 0.6 is 0 Å². The largest absolute Gasteiger partial charge is 0.508 e. The van der Waals surface area contributed by atoms with Gasteiger partial charge in [0.05, 0.1) is 5.69 Å². The molecule has 2 aromatic carbocycles. The molecule has 0 spiro atoms. The van der Waals surface area contributed by atoms with Crippen LogP contribution in [0.5, 0.6) is 5.75 Å². The number of anilines is 2. The minimum Gasteiger partial charge on any atom is -0.508 e. The summed E-state index contributed by atoms with van der Waals surface area (Å²) in [5.41, 5.74) is 0.870. The zero-order valence-corrected chi connectivity index (χ0v) is 10.1. The fourth-order valence-electron chi connectivity index (χ4n) is 1.50. The molecule has 0 bridgehead atoms. The first-order chi connectivity index (χ1) is 8.47. The minimum atomic E-state index is -4.27. The van der Waals surface area contributed by atoms with E-state index in [4.69, 9.17) is 9.66 Å². The maximum absolute atomic E-state index is 11.2. The van der Waals surface area contributed by atoms with Crippen molar-refractivity contribution in [2.24, 2.45) is 0 Å². The van der Waals surface area contributed by atoms with Gasteiger partial charge in [-0.05, 0) is 36.4 Å². The lowest BCUT2D eigenvalue weighted by atomic mass is 10.2. The molecule has 0 aliphatic rings. The summed E-state index contributed by atoms with van der Waals surface area (Å²) in [6, 6.07) is 12.1. The molecule has 0 saturated heterocycles. The van der Waals surface area contributed by atoms with Crippen LogP contribution in [0.15, 0.2) is 53.4 Å². The second-order valence-corrected chi connectivity index (χ2v) is 5.03. The average molecular weight is 265 g/mol. The van der Waals surface area contributed by atoms with Gasteiger partial charge < -0.3 is 10.4 Å². The normalized spacial score (nSPS) is 11.2. The van der Waals surface area contributed by atoms with E-state index in [9.17, 15) is 8.42 Å². The molecule has 0 aliphatic heterocycles. The summed E-state index contributed by atoms with van der Waals surface area (Å²) in [6.45, 7) is 0. The van der Waals surface area contributed by atoms with E-state index in [1.807, 2.05) is 0 Å². The minimum absolute atomic E-state index is 0.114. The van der Waals surface area contributed by atoms with Crippen LogP contribution in [0.25, 0.3) is 0 Å². The quantitative estimate of drug-likeness (QED) is 0.586. The molecule has 2 rings (SSSR count). The van der Waals surface area contributed by atoms with E-state index in [-0.39, 0.29) is 16.3 Å². The highest BCUT2D eigenvalue weighted by atomic mass is 32.2. The highest BCUT2D eigenvalue weighted by Gasteiger charge is 2.14. The second-order valence-electron chi connectivity index (χ2n) is 3.64. The van der Waals surface area contributed by atoms with Crippen molar-refractivity contribution in [2.45, 2.75) is 4.90 Å². The maximum atomic E-state index is 11.2. The standard InChI is InChI=1S/C12H11NO4S/c14-10-7-5-9(6-8-10)13-11-3-1-2-4-12(11)18(15,16)17/h1-8,13-14H,(H,15,16,17). The number of rotatable bonds is 3. The molecule has 0 atom stereocenters. The number of phenolic OH excluding ortho intramolecular Hbond substituents is 1. The molecule has 6 heteroatoms. The van der Waals surface area contributed by atoms with Gasteiger partial charge in [0, 0.05) is 5.69 Å². The summed E-state index contributed by atoms with van der Waals surface area (Å²) >= 11 is 0. The Kier molecular flexibility index (Phi) is 3.22. The Balaban J connectivity index is 2.38. The van der Waals surface area contributed by atoms with E-state index in [1.54, 1.807) is 18.2 Å². The van der Waals surface area contributed by atoms with E-state index in [1.165, 1.54) is 30.3 Å². The van der Waals surface area contributed by atoms with Crippen LogP contribution in [-0.4, -0.2) is 18.1 Å². The third-order valence-electron chi connectivity index (χ3n) is 2.31. The average Bonchev–Trinajstić information content (AvgIpc) is 2.31. The molecular weight excluding hydrogens is 254 g/mol. The maximum Gasteiger partial charge on any atom is 0.296 e. The molecule has 0 amide bonds. The molecule has 3 N–H and O–H groups in total. The lowest BCUT2D eigenvalue weighted by Crippen LogP contribution is -2.02. The summed E-state index contributed by atoms with van der Waals surface area (Å²) in [6.07, 6.45) is 0. The van der Waals surface area contributed by atoms with Gasteiger partial charge in [0.1, 0.15) is 10.6 Å². The topological polar surface area (TPSA) is 86.6 Å². The molecule has 94 valence electrons. The lowest BCUT2D eigenvalue weighted by Gasteiger charge is -2.09. The molecule has 5 nitrogen and oxygen atoms in total. The Morgan fingerprint density at radius 3 is 2.17 bits per heavy atom. The molecule has 0 radical (unpaired) electrons. The van der Waals surface area contributed by atoms with Gasteiger partial charge >= 0.3 is 0 Å². The van der Waals surface area contributed by atoms with E-state index >= 15 is 0 Å². The number of hydrogen-bond donors (Lipinski definition) is 3. The number of aromatic hydroxyl groups is 1. The van der Waals surface area contributed by atoms with Crippen LogP contribution in [-0.2, 0) is 10.1 Å². The first-order valence-electron chi connectivity index (χ1n) is 5.09. The van der Waals surface area contributed by atoms with Crippen molar-refractivity contribution in [1.82, 2.24) is 0 Å². The van der Waals surface area contributed by atoms with Crippen molar-refractivity contribution in [3.63, 3.8) is 0 Å². The van der Waals surface area contributed by atoms with Crippen LogP contribution in [0, 0.1) is 0 Å². The second kappa shape index (κ2) is 4.67. The van der Waals surface area contributed by atoms with Gasteiger partial charge in [0.15, 0.2) is 0 Å². The molecule has 0 aromatic heterocycles. The molecule has 0 heterocycles. The third kappa shape index (κ3) is 2.79. The fourth-order valence-corrected chi connectivity index (χ4v) is 2.14. The van der Waals surface area contributed by atoms with E-state index < -0.39 is 10.1 Å². The van der Waals surface area contributed by atoms with Crippen molar-refractivity contribution in [3.05, 3.63) is 48.5 Å². The molecule has 18 heavy (non-hydrogen) atoms. The summed E-state index contributed by atoms with van der Waals surface area (Å²) in [7, 11) is -4.27. The van der Waals surface area contributed by atoms with Gasteiger partial charge in [-0.2, -0.15) is 8.42 Å². The van der Waals surface area contributed by atoms with Crippen molar-refractivity contribution in [3.8, 4) is 5.75 Å². The Morgan fingerprint density at radius 2 is 1.56 bits per heavy atom. The zero-order valence-electron chi connectivity index (χ0n) is 9.24. The summed E-state index contributed by atoms with van der Waals surface area (Å²) < 4.78 is 31.4. The van der Waals surface area contributed by atoms with E-state index in [2.05, 4.69) is 5.32 Å². The molecule has 0 aliphatic carbocycles. The predicted octanol–water partition coefficient (Wildman–Crippen LogP) is 2.38. The van der Waals surface area contributed by atoms with Crippen molar-refractivity contribution < 1.29 is 18.1 Å². The van der Waals surface area contributed by atoms with Gasteiger partial charge in [0.25, 0.3) is 10.1 Å². The van der Waals surface area contributed by atoms with Gasteiger partial charge in [-0.1, -0.05) is 12.1 Å². The summed E-state index contributed by atoms with van der Waals surface area (Å²) in [5, 5.41) is 12.0. The highest BCUT2D eigenvalue weighted by molar-refractivity contribution is 7.86. The number of phenols is 1. The van der Waals surface area contributed by atoms with Crippen LogP contribution in [0.2, 0.25) is 0 Å². The lowest BCUT2D eigenvalue weighted by molar-refractivity contribution is 0.475. The summed E-state index contributed by atoms with van der Waals surface area (Å²) in [5.74, 6) is 0.114. The molecular formula is C12H11NO4S. The van der Waals surface area contributed by atoms with E-state index in [0.29, 0.717) is 5.69 Å². The Labute approximate surface area is 104 Å². The molecule has 0 unspecified atom stereocenters. The van der Waals surface area contributed by atoms with E-state index in [0.717, 1.165) is 0 Å². The first kappa shape index (κ1) is 12.4. The molecule has 0 saturated carbocycles. The Hall–Kier alpha value is -2.05. The predicted molar refractivity (Wildman–Crippen MR) is 67.6 cm³/mol. The number of benzene rings is 2. The van der Waals surface area contributed by atoms with Crippen molar-refractivity contribution in [2.75, 3.05) is 5.32 Å². The van der Waals surface area contributed by atoms with Crippen LogP contribution in [0.4, 0.5) is 11.4 Å². The first-order valence-corrected chi connectivity index (χ1v) is 6.53. The number of nitrogens with one attached hydrogen (secondary N) is 1. The van der Waals surface area contributed by atoms with Crippen LogP contribution in [0.3, 0.4) is 0 Å². The smallest absolute Gasteiger partial charge is 0.296 e. The van der Waals surface area contributed by atoms with Gasteiger partial charge in [-0.15, -0.1) is 0 Å².